The number of nitrogens with two attached hydrogens (primary N) is 1. The van der Waals surface area contributed by atoms with Gasteiger partial charge in [-0.2, -0.15) is 5.10 Å². The zero-order chi connectivity index (χ0) is 23.8. The number of rotatable bonds is 10. The fourth-order valence-corrected chi connectivity index (χ4v) is 3.90. The number of halogens is 2. The van der Waals surface area contributed by atoms with Gasteiger partial charge in [-0.1, -0.05) is 53.2 Å². The van der Waals surface area contributed by atoms with Gasteiger partial charge in [0.25, 0.3) is 5.95 Å². The number of carbonyl (C=O) groups excluding carboxylic acids is 1. The lowest BCUT2D eigenvalue weighted by molar-refractivity contribution is -0.113. The average molecular weight is 507 g/mol. The van der Waals surface area contributed by atoms with Crippen LogP contribution in [0.2, 0.25) is 10.0 Å². The van der Waals surface area contributed by atoms with Gasteiger partial charge in [0.15, 0.2) is 0 Å². The van der Waals surface area contributed by atoms with E-state index >= 15 is 0 Å². The van der Waals surface area contributed by atoms with Crippen LogP contribution in [-0.4, -0.2) is 45.8 Å². The smallest absolute Gasteiger partial charge is 0.264 e. The van der Waals surface area contributed by atoms with Crippen LogP contribution in [0.3, 0.4) is 0 Å². The van der Waals surface area contributed by atoms with Crippen molar-refractivity contribution in [2.24, 2.45) is 5.10 Å². The third kappa shape index (κ3) is 6.53. The number of nitrogen functional groups attached to an aromatic ring is 1. The van der Waals surface area contributed by atoms with E-state index in [1.165, 1.54) is 4.68 Å². The van der Waals surface area contributed by atoms with E-state index < -0.39 is 0 Å². The molecule has 0 spiro atoms. The molecule has 0 unspecified atom stereocenters. The Morgan fingerprint density at radius 3 is 2.61 bits per heavy atom. The van der Waals surface area contributed by atoms with Crippen LogP contribution in [0, 0.1) is 0 Å². The Morgan fingerprint density at radius 1 is 1.18 bits per heavy atom. The SMILES string of the molecule is CCN(CC)c1ccc(/C=N/Nc2nnc(SCC(=O)Nc3cccc(Cl)c3Cl)n2N)cc1. The van der Waals surface area contributed by atoms with Gasteiger partial charge in [0.1, 0.15) is 0 Å². The van der Waals surface area contributed by atoms with Gasteiger partial charge in [0.2, 0.25) is 11.1 Å². The predicted octanol–water partition coefficient (Wildman–Crippen LogP) is 4.32. The molecule has 12 heteroatoms. The number of hydrogen-bond donors (Lipinski definition) is 3. The number of hydrazone groups is 1. The summed E-state index contributed by atoms with van der Waals surface area (Å²) >= 11 is 13.2. The van der Waals surface area contributed by atoms with Crippen molar-refractivity contribution in [2.75, 3.05) is 40.3 Å². The van der Waals surface area contributed by atoms with Gasteiger partial charge in [-0.05, 0) is 43.7 Å². The van der Waals surface area contributed by atoms with Crippen LogP contribution in [0.5, 0.6) is 0 Å². The Balaban J connectivity index is 1.53. The highest BCUT2D eigenvalue weighted by atomic mass is 35.5. The molecule has 0 aliphatic heterocycles. The lowest BCUT2D eigenvalue weighted by atomic mass is 10.2. The molecule has 0 saturated carbocycles. The number of amides is 1. The minimum atomic E-state index is -0.284. The van der Waals surface area contributed by atoms with Crippen molar-refractivity contribution < 1.29 is 4.79 Å². The maximum Gasteiger partial charge on any atom is 0.264 e. The second-order valence-corrected chi connectivity index (χ2v) is 8.48. The minimum absolute atomic E-state index is 0.0559. The Kier molecular flexibility index (Phi) is 8.81. The van der Waals surface area contributed by atoms with Crippen LogP contribution in [-0.2, 0) is 4.79 Å². The van der Waals surface area contributed by atoms with Crippen molar-refractivity contribution in [3.63, 3.8) is 0 Å². The molecule has 0 radical (unpaired) electrons. The molecule has 1 heterocycles. The van der Waals surface area contributed by atoms with Crippen LogP contribution in [0.25, 0.3) is 0 Å². The number of benzene rings is 2. The number of aromatic nitrogens is 3. The van der Waals surface area contributed by atoms with Crippen molar-refractivity contribution in [1.29, 1.82) is 0 Å². The maximum atomic E-state index is 12.2. The highest BCUT2D eigenvalue weighted by molar-refractivity contribution is 7.99. The van der Waals surface area contributed by atoms with Gasteiger partial charge < -0.3 is 16.1 Å². The van der Waals surface area contributed by atoms with E-state index in [9.17, 15) is 4.79 Å². The largest absolute Gasteiger partial charge is 0.372 e. The van der Waals surface area contributed by atoms with Gasteiger partial charge in [-0.15, -0.1) is 10.2 Å². The lowest BCUT2D eigenvalue weighted by Gasteiger charge is -2.20. The molecule has 0 bridgehead atoms. The highest BCUT2D eigenvalue weighted by Gasteiger charge is 2.13. The topological polar surface area (TPSA) is 113 Å². The molecular formula is C21H24Cl2N8OS. The molecule has 1 aromatic heterocycles. The number of carbonyl (C=O) groups is 1. The number of nitrogens with one attached hydrogen (secondary N) is 2. The molecule has 0 saturated heterocycles. The molecule has 0 aliphatic rings. The summed E-state index contributed by atoms with van der Waals surface area (Å²) in [6.45, 7) is 6.15. The number of anilines is 3. The normalized spacial score (nSPS) is 11.0. The van der Waals surface area contributed by atoms with E-state index in [0.717, 1.165) is 36.1 Å². The first-order valence-electron chi connectivity index (χ1n) is 10.1. The van der Waals surface area contributed by atoms with Crippen molar-refractivity contribution in [3.05, 3.63) is 58.1 Å². The fraction of sp³-hybridized carbons (Fsp3) is 0.238. The molecule has 0 fully saturated rings. The molecule has 1 amide bonds. The van der Waals surface area contributed by atoms with Crippen molar-refractivity contribution in [3.8, 4) is 0 Å². The van der Waals surface area contributed by atoms with E-state index in [1.54, 1.807) is 24.4 Å². The Morgan fingerprint density at radius 2 is 1.91 bits per heavy atom. The molecule has 33 heavy (non-hydrogen) atoms. The van der Waals surface area contributed by atoms with Gasteiger partial charge in [0.05, 0.1) is 27.7 Å². The lowest BCUT2D eigenvalue weighted by Crippen LogP contribution is -2.21. The molecule has 174 valence electrons. The zero-order valence-electron chi connectivity index (χ0n) is 18.1. The standard InChI is InChI=1S/C21H24Cl2N8OS/c1-3-30(4-2)15-10-8-14(9-11-15)12-25-27-20-28-29-21(31(20)24)33-13-18(32)26-17-7-5-6-16(22)19(17)23/h5-12H,3-4,13,24H2,1-2H3,(H,26,32)(H,27,28)/b25-12+. The number of hydrogen-bond acceptors (Lipinski definition) is 8. The van der Waals surface area contributed by atoms with Crippen LogP contribution in [0.15, 0.2) is 52.7 Å². The Hall–Kier alpha value is -2.95. The first kappa shape index (κ1) is 24.7. The number of thioether (sulfide) groups is 1. The van der Waals surface area contributed by atoms with Crippen molar-refractivity contribution in [1.82, 2.24) is 14.9 Å². The molecule has 3 rings (SSSR count). The van der Waals surface area contributed by atoms with Crippen LogP contribution >= 0.6 is 35.0 Å². The van der Waals surface area contributed by atoms with E-state index in [-0.39, 0.29) is 22.6 Å². The van der Waals surface area contributed by atoms with E-state index in [2.05, 4.69) is 56.9 Å². The summed E-state index contributed by atoms with van der Waals surface area (Å²) in [4.78, 5) is 14.5. The first-order chi connectivity index (χ1) is 15.9. The van der Waals surface area contributed by atoms with Crippen LogP contribution in [0.4, 0.5) is 17.3 Å². The average Bonchev–Trinajstić information content (AvgIpc) is 3.16. The number of nitrogens with zero attached hydrogens (tertiary/aromatic N) is 5. The third-order valence-electron chi connectivity index (χ3n) is 4.62. The second-order valence-electron chi connectivity index (χ2n) is 6.75. The van der Waals surface area contributed by atoms with Gasteiger partial charge in [0, 0.05) is 18.8 Å². The van der Waals surface area contributed by atoms with Crippen molar-refractivity contribution >= 4 is 64.4 Å². The highest BCUT2D eigenvalue weighted by Crippen LogP contribution is 2.29. The molecule has 2 aromatic carbocycles. The summed E-state index contributed by atoms with van der Waals surface area (Å²) in [5, 5.41) is 15.8. The van der Waals surface area contributed by atoms with Crippen molar-refractivity contribution in [2.45, 2.75) is 19.0 Å². The third-order valence-corrected chi connectivity index (χ3v) is 6.38. The molecule has 9 nitrogen and oxygen atoms in total. The van der Waals surface area contributed by atoms with E-state index in [0.29, 0.717) is 15.9 Å². The zero-order valence-corrected chi connectivity index (χ0v) is 20.5. The summed E-state index contributed by atoms with van der Waals surface area (Å²) in [6.07, 6.45) is 1.66. The monoisotopic (exact) mass is 506 g/mol. The fourth-order valence-electron chi connectivity index (χ4n) is 2.89. The minimum Gasteiger partial charge on any atom is -0.372 e. The summed E-state index contributed by atoms with van der Waals surface area (Å²) in [5.74, 6) is 6.02. The van der Waals surface area contributed by atoms with Crippen LogP contribution < -0.4 is 21.5 Å². The maximum absolute atomic E-state index is 12.2. The molecule has 4 N–H and O–H groups in total. The van der Waals surface area contributed by atoms with Gasteiger partial charge in [-0.25, -0.2) is 10.1 Å². The molecule has 3 aromatic rings. The first-order valence-corrected chi connectivity index (χ1v) is 11.9. The molecular weight excluding hydrogens is 483 g/mol. The van der Waals surface area contributed by atoms with E-state index in [4.69, 9.17) is 29.0 Å². The van der Waals surface area contributed by atoms with Crippen LogP contribution in [0.1, 0.15) is 19.4 Å². The predicted molar refractivity (Wildman–Crippen MR) is 137 cm³/mol. The Labute approximate surface area is 206 Å². The molecule has 0 atom stereocenters. The second kappa shape index (κ2) is 11.8. The van der Waals surface area contributed by atoms with Gasteiger partial charge in [-0.3, -0.25) is 4.79 Å². The Bertz CT molecular complexity index is 1120. The van der Waals surface area contributed by atoms with Gasteiger partial charge >= 0.3 is 0 Å². The quantitative estimate of drug-likeness (QED) is 0.162. The summed E-state index contributed by atoms with van der Waals surface area (Å²) < 4.78 is 1.23. The summed E-state index contributed by atoms with van der Waals surface area (Å²) in [7, 11) is 0. The summed E-state index contributed by atoms with van der Waals surface area (Å²) in [5.41, 5.74) is 5.28. The van der Waals surface area contributed by atoms with E-state index in [1.807, 2.05) is 12.1 Å². The summed E-state index contributed by atoms with van der Waals surface area (Å²) in [6, 6.07) is 13.1. The molecule has 0 aliphatic carbocycles.